The van der Waals surface area contributed by atoms with E-state index in [0.29, 0.717) is 4.88 Å². The lowest BCUT2D eigenvalue weighted by atomic mass is 10.0. The normalized spacial score (nSPS) is 11.3. The molecule has 0 bridgehead atoms. The van der Waals surface area contributed by atoms with Crippen molar-refractivity contribution < 1.29 is 4.79 Å². The van der Waals surface area contributed by atoms with Gasteiger partial charge >= 0.3 is 0 Å². The maximum absolute atomic E-state index is 11.6. The van der Waals surface area contributed by atoms with Crippen LogP contribution in [-0.2, 0) is 6.54 Å². The smallest absolute Gasteiger partial charge is 0.275 e. The van der Waals surface area contributed by atoms with Gasteiger partial charge in [-0.1, -0.05) is 33.6 Å². The number of nitrogens with one attached hydrogen (secondary N) is 1. The fraction of sp³-hybridized carbons (Fsp3) is 0.667. The fourth-order valence-electron chi connectivity index (χ4n) is 2.32. The Bertz CT molecular complexity index is 427. The minimum Gasteiger partial charge on any atom is -0.299 e. The highest BCUT2D eigenvalue weighted by atomic mass is 32.1. The molecule has 0 aromatic carbocycles. The zero-order valence-electron chi connectivity index (χ0n) is 13.0. The Balaban J connectivity index is 2.74. The van der Waals surface area contributed by atoms with Crippen LogP contribution in [0.1, 0.15) is 53.7 Å². The predicted octanol–water partition coefficient (Wildman–Crippen LogP) is 2.92. The molecule has 0 aliphatic rings. The molecule has 0 aliphatic heterocycles. The van der Waals surface area contributed by atoms with Gasteiger partial charge in [-0.05, 0) is 31.0 Å². The Labute approximate surface area is 126 Å². The summed E-state index contributed by atoms with van der Waals surface area (Å²) in [6, 6.07) is 1.97. The van der Waals surface area contributed by atoms with E-state index in [9.17, 15) is 4.79 Å². The van der Waals surface area contributed by atoms with Crippen LogP contribution in [-0.4, -0.2) is 23.9 Å². The van der Waals surface area contributed by atoms with Crippen molar-refractivity contribution in [3.63, 3.8) is 0 Å². The molecule has 0 saturated carbocycles. The highest BCUT2D eigenvalue weighted by Gasteiger charge is 2.15. The monoisotopic (exact) mass is 297 g/mol. The Morgan fingerprint density at radius 3 is 2.55 bits per heavy atom. The van der Waals surface area contributed by atoms with Crippen LogP contribution in [0.4, 0.5) is 0 Å². The molecule has 114 valence electrons. The van der Waals surface area contributed by atoms with Crippen LogP contribution in [0.5, 0.6) is 0 Å². The van der Waals surface area contributed by atoms with Crippen molar-refractivity contribution in [3.05, 3.63) is 21.4 Å². The molecule has 0 spiro atoms. The SMILES string of the molecule is CCC(CC)CN(CC)Cc1cc(C(=O)NN)sc1C. The quantitative estimate of drug-likeness (QED) is 0.441. The standard InChI is InChI=1S/C15H27N3OS/c1-5-12(6-2)9-18(7-3)10-13-8-14(15(19)17-16)20-11(13)4/h8,12H,5-7,9-10,16H2,1-4H3,(H,17,19). The van der Waals surface area contributed by atoms with Gasteiger partial charge in [-0.25, -0.2) is 5.84 Å². The summed E-state index contributed by atoms with van der Waals surface area (Å²) in [5.74, 6) is 5.74. The predicted molar refractivity (Wildman–Crippen MR) is 85.7 cm³/mol. The van der Waals surface area contributed by atoms with E-state index in [0.717, 1.165) is 25.6 Å². The Morgan fingerprint density at radius 2 is 2.05 bits per heavy atom. The number of nitrogen functional groups attached to an aromatic ring is 1. The van der Waals surface area contributed by atoms with Crippen molar-refractivity contribution in [1.82, 2.24) is 10.3 Å². The largest absolute Gasteiger partial charge is 0.299 e. The van der Waals surface area contributed by atoms with Gasteiger partial charge in [0.2, 0.25) is 0 Å². The Morgan fingerprint density at radius 1 is 1.40 bits per heavy atom. The zero-order valence-corrected chi connectivity index (χ0v) is 13.8. The van der Waals surface area contributed by atoms with Gasteiger partial charge in [0.05, 0.1) is 4.88 Å². The van der Waals surface area contributed by atoms with Crippen LogP contribution in [0, 0.1) is 12.8 Å². The molecule has 1 rings (SSSR count). The second-order valence-corrected chi connectivity index (χ2v) is 6.43. The summed E-state index contributed by atoms with van der Waals surface area (Å²) in [6.07, 6.45) is 2.44. The second-order valence-electron chi connectivity index (χ2n) is 5.18. The molecule has 1 heterocycles. The molecule has 0 atom stereocenters. The third-order valence-corrected chi connectivity index (χ3v) is 4.98. The van der Waals surface area contributed by atoms with E-state index in [1.807, 2.05) is 6.07 Å². The third kappa shape index (κ3) is 4.58. The van der Waals surface area contributed by atoms with Crippen LogP contribution in [0.15, 0.2) is 6.07 Å². The lowest BCUT2D eigenvalue weighted by molar-refractivity contribution is 0.0957. The van der Waals surface area contributed by atoms with E-state index in [2.05, 4.69) is 38.0 Å². The molecule has 0 fully saturated rings. The number of hydrogen-bond acceptors (Lipinski definition) is 4. The summed E-state index contributed by atoms with van der Waals surface area (Å²) in [5, 5.41) is 0. The van der Waals surface area contributed by atoms with Gasteiger partial charge in [0, 0.05) is 18.0 Å². The number of thiophene rings is 1. The number of aryl methyl sites for hydroxylation is 1. The van der Waals surface area contributed by atoms with Gasteiger partial charge in [0.25, 0.3) is 5.91 Å². The zero-order chi connectivity index (χ0) is 15.1. The number of hydrogen-bond donors (Lipinski definition) is 2. The van der Waals surface area contributed by atoms with Crippen LogP contribution in [0.3, 0.4) is 0 Å². The molecule has 1 amide bonds. The minimum atomic E-state index is -0.201. The van der Waals surface area contributed by atoms with Gasteiger partial charge in [-0.3, -0.25) is 15.1 Å². The average molecular weight is 297 g/mol. The molecule has 1 aromatic rings. The molecule has 0 radical (unpaired) electrons. The first-order chi connectivity index (χ1) is 9.55. The van der Waals surface area contributed by atoms with Crippen molar-refractivity contribution in [2.75, 3.05) is 13.1 Å². The summed E-state index contributed by atoms with van der Waals surface area (Å²) in [7, 11) is 0. The van der Waals surface area contributed by atoms with Crippen molar-refractivity contribution >= 4 is 17.2 Å². The van der Waals surface area contributed by atoms with Gasteiger partial charge in [-0.15, -0.1) is 11.3 Å². The topological polar surface area (TPSA) is 58.4 Å². The first kappa shape index (κ1) is 17.1. The Kier molecular flexibility index (Phi) is 7.19. The van der Waals surface area contributed by atoms with Gasteiger partial charge < -0.3 is 0 Å². The third-order valence-electron chi connectivity index (χ3n) is 3.89. The van der Waals surface area contributed by atoms with Crippen LogP contribution in [0.25, 0.3) is 0 Å². The van der Waals surface area contributed by atoms with E-state index in [1.165, 1.54) is 34.6 Å². The van der Waals surface area contributed by atoms with E-state index < -0.39 is 0 Å². The van der Waals surface area contributed by atoms with E-state index >= 15 is 0 Å². The van der Waals surface area contributed by atoms with E-state index in [4.69, 9.17) is 5.84 Å². The first-order valence-electron chi connectivity index (χ1n) is 7.38. The number of rotatable bonds is 8. The number of carbonyl (C=O) groups is 1. The van der Waals surface area contributed by atoms with Crippen molar-refractivity contribution in [2.45, 2.75) is 47.1 Å². The summed E-state index contributed by atoms with van der Waals surface area (Å²) < 4.78 is 0. The maximum atomic E-state index is 11.6. The van der Waals surface area contributed by atoms with Gasteiger partial charge in [0.1, 0.15) is 0 Å². The van der Waals surface area contributed by atoms with E-state index in [-0.39, 0.29) is 5.91 Å². The minimum absolute atomic E-state index is 0.201. The number of nitrogens with two attached hydrogens (primary N) is 1. The van der Waals surface area contributed by atoms with E-state index in [1.54, 1.807) is 0 Å². The number of nitrogens with zero attached hydrogens (tertiary/aromatic N) is 1. The molecule has 0 saturated heterocycles. The number of hydrazine groups is 1. The van der Waals surface area contributed by atoms with Crippen LogP contribution in [0.2, 0.25) is 0 Å². The Hall–Kier alpha value is -0.910. The van der Waals surface area contributed by atoms with Crippen molar-refractivity contribution in [1.29, 1.82) is 0 Å². The summed E-state index contributed by atoms with van der Waals surface area (Å²) in [6.45, 7) is 11.8. The molecule has 0 unspecified atom stereocenters. The summed E-state index contributed by atoms with van der Waals surface area (Å²) >= 11 is 1.51. The number of carbonyl (C=O) groups excluding carboxylic acids is 1. The number of amides is 1. The molecule has 0 aliphatic carbocycles. The molecular weight excluding hydrogens is 270 g/mol. The molecule has 5 heteroatoms. The van der Waals surface area contributed by atoms with Gasteiger partial charge in [-0.2, -0.15) is 0 Å². The summed E-state index contributed by atoms with van der Waals surface area (Å²) in [5.41, 5.74) is 3.43. The van der Waals surface area contributed by atoms with Crippen molar-refractivity contribution in [3.8, 4) is 0 Å². The van der Waals surface area contributed by atoms with Crippen LogP contribution < -0.4 is 11.3 Å². The average Bonchev–Trinajstić information content (AvgIpc) is 2.83. The molecular formula is C15H27N3OS. The highest BCUT2D eigenvalue weighted by molar-refractivity contribution is 7.14. The first-order valence-corrected chi connectivity index (χ1v) is 8.19. The lowest BCUT2D eigenvalue weighted by Crippen LogP contribution is -2.29. The molecule has 4 nitrogen and oxygen atoms in total. The van der Waals surface area contributed by atoms with Gasteiger partial charge in [0.15, 0.2) is 0 Å². The second kappa shape index (κ2) is 8.39. The molecule has 3 N–H and O–H groups in total. The fourth-order valence-corrected chi connectivity index (χ4v) is 3.26. The lowest BCUT2D eigenvalue weighted by Gasteiger charge is -2.25. The van der Waals surface area contributed by atoms with Crippen molar-refractivity contribution in [2.24, 2.45) is 11.8 Å². The molecule has 20 heavy (non-hydrogen) atoms. The van der Waals surface area contributed by atoms with Crippen LogP contribution >= 0.6 is 11.3 Å². The molecule has 1 aromatic heterocycles. The summed E-state index contributed by atoms with van der Waals surface area (Å²) in [4.78, 5) is 15.9. The maximum Gasteiger partial charge on any atom is 0.275 e. The highest BCUT2D eigenvalue weighted by Crippen LogP contribution is 2.23.